The van der Waals surface area contributed by atoms with Crippen LogP contribution in [0.4, 0.5) is 22.7 Å². The fourth-order valence-electron chi connectivity index (χ4n) is 17.0. The highest BCUT2D eigenvalue weighted by Crippen LogP contribution is 2.48. The maximum atomic E-state index is 14.0. The van der Waals surface area contributed by atoms with Crippen LogP contribution in [0.25, 0.3) is 33.2 Å². The van der Waals surface area contributed by atoms with Gasteiger partial charge in [0.1, 0.15) is 34.3 Å². The van der Waals surface area contributed by atoms with Crippen LogP contribution in [0.2, 0.25) is 10.0 Å². The van der Waals surface area contributed by atoms with Gasteiger partial charge in [-0.1, -0.05) is 86.3 Å². The molecule has 2 saturated heterocycles. The molecule has 2 aliphatic carbocycles. The first-order valence-electron chi connectivity index (χ1n) is 41.2. The zero-order chi connectivity index (χ0) is 87.4. The third kappa shape index (κ3) is 21.5. The molecule has 3 atom stereocenters. The summed E-state index contributed by atoms with van der Waals surface area (Å²) in [6.07, 6.45) is 16.4. The largest absolute Gasteiger partial charge is 0.455 e. The third-order valence-corrected chi connectivity index (χ3v) is 30.2. The lowest BCUT2D eigenvalue weighted by molar-refractivity contribution is -0.386. The Balaban J connectivity index is 0.000000192. The lowest BCUT2D eigenvalue weighted by Gasteiger charge is -2.39. The van der Waals surface area contributed by atoms with Crippen molar-refractivity contribution in [3.05, 3.63) is 233 Å². The first kappa shape index (κ1) is 89.1. The minimum Gasteiger partial charge on any atom is -0.455 e. The maximum absolute atomic E-state index is 14.0. The fourth-order valence-corrected chi connectivity index (χ4v) is 22.3. The number of anilines is 2. The average Bonchev–Trinajstić information content (AvgIpc) is 0.782. The first-order chi connectivity index (χ1) is 59.3. The van der Waals surface area contributed by atoms with Crippen LogP contribution in [0, 0.1) is 42.9 Å². The summed E-state index contributed by atoms with van der Waals surface area (Å²) in [5.41, 5.74) is 11.8. The van der Waals surface area contributed by atoms with Crippen molar-refractivity contribution in [2.24, 2.45) is 22.7 Å². The van der Waals surface area contributed by atoms with Crippen molar-refractivity contribution in [2.75, 3.05) is 113 Å². The second kappa shape index (κ2) is 38.2. The number of methoxy groups -OCH3 is 1. The smallest absolute Gasteiger partial charge is 0.275 e. The molecule has 2 amide bonds. The van der Waals surface area contributed by atoms with Crippen LogP contribution in [-0.4, -0.2) is 176 Å². The molecule has 10 aromatic rings. The van der Waals surface area contributed by atoms with Crippen molar-refractivity contribution in [2.45, 2.75) is 111 Å². The van der Waals surface area contributed by atoms with Crippen LogP contribution in [-0.2, 0) is 52.9 Å². The highest BCUT2D eigenvalue weighted by molar-refractivity contribution is 7.99. The summed E-state index contributed by atoms with van der Waals surface area (Å²) < 4.78 is 94.2. The van der Waals surface area contributed by atoms with E-state index < -0.39 is 57.7 Å². The number of halogens is 2. The van der Waals surface area contributed by atoms with E-state index in [9.17, 15) is 50.9 Å². The number of nitrogens with zero attached hydrogens (tertiary/aromatic N) is 8. The van der Waals surface area contributed by atoms with Crippen molar-refractivity contribution >= 4 is 146 Å². The standard InChI is InChI=1S/C45H49ClN6O8S3.C45H49ClN6O7S2/c1-45(2)13-10-32(39(25-45)30-4-6-33(46)7-5-30)27-50-15-17-51(18-16-50)34-8-9-37(41(22-34)60-35-21-31-11-14-47-43(31)48-26-35)44(53)49-63(57,58)36-23-40(52(54)55)38-20-29(12-19-59-62(3)56)28-61-42(38)24-36;1-45(2)13-10-32(39(25-45)30-4-6-33(46)7-5-30)27-50-15-17-51(18-16-50)34-8-9-37(41(22-34)59-35-21-31-11-14-47-43(31)48-26-35)44(53)49-61(56,57)36-23-40(52(54)55)38-20-29(12-19-58-3)28-60-42(38)24-36/h4-9,11,14,21-24,26,29H,10,12-13,15-20,25,27-28H2,1-3H3,(H,47,48)(H,49,53);4-9,11,14,21-24,26,29H,10,12-13,15-20,25,27-28H2,1-3H3,(H,47,48)(H,49,53)/t29-,62?;29-/m11/s1. The van der Waals surface area contributed by atoms with Gasteiger partial charge in [0, 0.05) is 187 Å². The summed E-state index contributed by atoms with van der Waals surface area (Å²) in [6.45, 7) is 18.0. The Morgan fingerprint density at radius 3 is 1.38 bits per heavy atom. The molecule has 4 aliphatic heterocycles. The number of nitrogens with one attached hydrogen (secondary N) is 4. The molecule has 0 spiro atoms. The normalized spacial score (nSPS) is 18.4. The van der Waals surface area contributed by atoms with Gasteiger partial charge in [-0.15, -0.1) is 23.5 Å². The molecule has 4 N–H and O–H groups in total. The van der Waals surface area contributed by atoms with E-state index in [1.807, 2.05) is 36.4 Å². The van der Waals surface area contributed by atoms with Crippen LogP contribution in [0.15, 0.2) is 189 Å². The number of nitro benzene ring substituents is 2. The van der Waals surface area contributed by atoms with Crippen LogP contribution >= 0.6 is 46.7 Å². The van der Waals surface area contributed by atoms with Gasteiger partial charge in [-0.2, -0.15) is 0 Å². The minimum atomic E-state index is -4.59. The number of hydrogen-bond acceptors (Lipinski definition) is 23. The number of hydrogen-bond donors (Lipinski definition) is 4. The van der Waals surface area contributed by atoms with E-state index in [4.69, 9.17) is 41.6 Å². The van der Waals surface area contributed by atoms with Gasteiger partial charge >= 0.3 is 0 Å². The molecule has 6 aromatic carbocycles. The number of fused-ring (bicyclic) bond motifs is 4. The summed E-state index contributed by atoms with van der Waals surface area (Å²) in [5.74, 6) is 0.452. The van der Waals surface area contributed by atoms with Gasteiger partial charge in [0.2, 0.25) is 0 Å². The number of carbonyl (C=O) groups is 2. The molecular weight excluding hydrogens is 1720 g/mol. The molecule has 124 heavy (non-hydrogen) atoms. The minimum absolute atomic E-state index is 0.00586. The van der Waals surface area contributed by atoms with Gasteiger partial charge in [-0.3, -0.25) is 43.8 Å². The molecule has 652 valence electrons. The molecule has 0 bridgehead atoms. The molecule has 1 unspecified atom stereocenters. The molecule has 16 rings (SSSR count). The van der Waals surface area contributed by atoms with Crippen molar-refractivity contribution in [1.29, 1.82) is 0 Å². The number of rotatable bonds is 27. The number of thioether (sulfide) groups is 2. The Morgan fingerprint density at radius 1 is 0.573 bits per heavy atom. The molecule has 6 aliphatic rings. The lowest BCUT2D eigenvalue weighted by Crippen LogP contribution is -2.47. The quantitative estimate of drug-likeness (QED) is 0.0274. The van der Waals surface area contributed by atoms with Gasteiger partial charge in [0.25, 0.3) is 43.2 Å². The molecule has 34 heteroatoms. The zero-order valence-corrected chi connectivity index (χ0v) is 75.2. The van der Waals surface area contributed by atoms with E-state index in [1.165, 1.54) is 87.7 Å². The summed E-state index contributed by atoms with van der Waals surface area (Å²) in [4.78, 5) is 75.9. The maximum Gasteiger partial charge on any atom is 0.275 e. The number of amides is 2. The topological polar surface area (TPSA) is 337 Å². The molecule has 27 nitrogen and oxygen atoms in total. The van der Waals surface area contributed by atoms with E-state index in [1.54, 1.807) is 68.0 Å². The Hall–Kier alpha value is -9.71. The fraction of sp³-hybridized carbons (Fsp3) is 0.378. The Bertz CT molecular complexity index is 6050. The number of aromatic nitrogens is 4. The Labute approximate surface area is 741 Å². The van der Waals surface area contributed by atoms with E-state index in [0.717, 1.165) is 142 Å². The predicted molar refractivity (Wildman–Crippen MR) is 487 cm³/mol. The molecule has 0 saturated carbocycles. The number of carbonyl (C=O) groups excluding carboxylic acids is 2. The number of pyridine rings is 2. The summed E-state index contributed by atoms with van der Waals surface area (Å²) in [5, 5.41) is 27.5. The number of aromatic amines is 2. The van der Waals surface area contributed by atoms with Crippen molar-refractivity contribution in [1.82, 2.24) is 39.2 Å². The monoisotopic (exact) mass is 1820 g/mol. The van der Waals surface area contributed by atoms with E-state index >= 15 is 0 Å². The Kier molecular flexibility index (Phi) is 27.5. The number of ether oxygens (including phenoxy) is 3. The molecule has 0 radical (unpaired) electrons. The van der Waals surface area contributed by atoms with Crippen LogP contribution < -0.4 is 28.7 Å². The second-order valence-corrected chi connectivity index (χ2v) is 41.3. The van der Waals surface area contributed by atoms with Crippen LogP contribution in [0.3, 0.4) is 0 Å². The molecule has 2 fully saturated rings. The summed E-state index contributed by atoms with van der Waals surface area (Å²) in [7, 11) is -7.53. The number of piperazine rings is 2. The first-order valence-corrected chi connectivity index (χ1v) is 48.4. The highest BCUT2D eigenvalue weighted by Gasteiger charge is 2.37. The van der Waals surface area contributed by atoms with Crippen molar-refractivity contribution in [3.8, 4) is 23.0 Å². The third-order valence-electron chi connectivity index (χ3n) is 23.9. The summed E-state index contributed by atoms with van der Waals surface area (Å²) in [6, 6.07) is 38.6. The highest BCUT2D eigenvalue weighted by atomic mass is 35.5. The van der Waals surface area contributed by atoms with Gasteiger partial charge in [-0.05, 0) is 194 Å². The van der Waals surface area contributed by atoms with Crippen molar-refractivity contribution in [3.63, 3.8) is 0 Å². The van der Waals surface area contributed by atoms with Gasteiger partial charge in [0.15, 0.2) is 11.1 Å². The van der Waals surface area contributed by atoms with Crippen LogP contribution in [0.5, 0.6) is 23.0 Å². The molecule has 4 aromatic heterocycles. The van der Waals surface area contributed by atoms with E-state index in [2.05, 4.69) is 101 Å². The second-order valence-electron chi connectivity index (χ2n) is 33.9. The van der Waals surface area contributed by atoms with Gasteiger partial charge < -0.3 is 34.0 Å². The van der Waals surface area contributed by atoms with E-state index in [-0.39, 0.29) is 68.2 Å². The summed E-state index contributed by atoms with van der Waals surface area (Å²) >= 11 is 13.7. The Morgan fingerprint density at radius 2 is 0.984 bits per heavy atom. The zero-order valence-electron chi connectivity index (χ0n) is 69.6. The number of sulfonamides is 2. The predicted octanol–water partition coefficient (Wildman–Crippen LogP) is 17.9. The SMILES string of the molecule is COCC[C@H]1CSc2cc(S(=O)(=O)NC(=O)c3ccc(N4CCN(CC5=C(c6ccc(Cl)cc6)CC(C)(C)CC5)CC4)cc3Oc3cnc4[nH]ccc4c3)cc([N+](=O)[O-])c2C1.CS(=O)OCC[C@H]1CSc2cc(S(=O)(=O)NC(=O)c3ccc(N4CCN(CC5=C(c6ccc(Cl)cc6)CC(C)(C)CC5)CC4)cc3Oc3cnc4[nH]ccc4c3)cc([N+](=O)[O-])c2C1. The average molecular weight is 1820 g/mol. The van der Waals surface area contributed by atoms with Crippen LogP contribution in [0.1, 0.15) is 122 Å². The number of nitro groups is 2. The van der Waals surface area contributed by atoms with Crippen molar-refractivity contribution < 1.29 is 58.9 Å². The molecule has 8 heterocycles. The van der Waals surface area contributed by atoms with Gasteiger partial charge in [0.05, 0.1) is 49.8 Å². The molecular formula is C90H98Cl2N12O15S5. The number of benzene rings is 6. The number of H-pyrrole nitrogens is 2. The van der Waals surface area contributed by atoms with E-state index in [0.29, 0.717) is 94.2 Å². The number of allylic oxidation sites excluding steroid dienone is 2. The lowest BCUT2D eigenvalue weighted by atomic mass is 9.72. The van der Waals surface area contributed by atoms with Gasteiger partial charge in [-0.25, -0.2) is 40.5 Å².